The van der Waals surface area contributed by atoms with Gasteiger partial charge in [0.05, 0.1) is 21.7 Å². The first-order valence-corrected chi connectivity index (χ1v) is 17.1. The molecular formula is C33H28N6O2S3. The van der Waals surface area contributed by atoms with Gasteiger partial charge >= 0.3 is 0 Å². The molecule has 2 N–H and O–H groups in total. The Morgan fingerprint density at radius 2 is 1.64 bits per heavy atom. The Balaban J connectivity index is 1.02. The van der Waals surface area contributed by atoms with Crippen LogP contribution in [0.2, 0.25) is 0 Å². The Morgan fingerprint density at radius 3 is 2.48 bits per heavy atom. The number of nitrogens with one attached hydrogen (secondary N) is 2. The zero-order valence-corrected chi connectivity index (χ0v) is 26.1. The van der Waals surface area contributed by atoms with E-state index >= 15 is 0 Å². The van der Waals surface area contributed by atoms with E-state index in [0.29, 0.717) is 29.1 Å². The lowest BCUT2D eigenvalue weighted by Crippen LogP contribution is -2.26. The molecule has 0 radical (unpaired) electrons. The molecule has 0 spiro atoms. The first kappa shape index (κ1) is 28.6. The van der Waals surface area contributed by atoms with Gasteiger partial charge in [0.1, 0.15) is 5.82 Å². The standard InChI is InChI=1S/C33H28N6O2S3/c40-30(35-25-14-15-27-28(18-25)44-33(36-27)43-20-31(41)34-24-12-13-24)19-42-32-38-37-29(39(32)26-8-2-1-3-9-26)17-21-10-11-22-6-4-5-7-23(22)16-21/h1-11,14-16,18,24H,12-13,17,19-20H2,(H,34,41)(H,35,40). The Labute approximate surface area is 266 Å². The van der Waals surface area contributed by atoms with Gasteiger partial charge < -0.3 is 10.6 Å². The van der Waals surface area contributed by atoms with Crippen LogP contribution in [0.25, 0.3) is 26.7 Å². The predicted molar refractivity (Wildman–Crippen MR) is 179 cm³/mol. The van der Waals surface area contributed by atoms with Gasteiger partial charge in [-0.05, 0) is 59.5 Å². The molecule has 1 aliphatic rings. The molecule has 0 bridgehead atoms. The molecule has 4 aromatic carbocycles. The van der Waals surface area contributed by atoms with Crippen molar-refractivity contribution in [2.45, 2.75) is 34.8 Å². The Kier molecular flexibility index (Phi) is 8.32. The zero-order chi connectivity index (χ0) is 29.9. The minimum absolute atomic E-state index is 0.0473. The Morgan fingerprint density at radius 1 is 0.841 bits per heavy atom. The van der Waals surface area contributed by atoms with Crippen molar-refractivity contribution in [1.29, 1.82) is 0 Å². The van der Waals surface area contributed by atoms with Crippen LogP contribution < -0.4 is 10.6 Å². The van der Waals surface area contributed by atoms with E-state index in [0.717, 1.165) is 44.5 Å². The summed E-state index contributed by atoms with van der Waals surface area (Å²) in [5.74, 6) is 1.26. The van der Waals surface area contributed by atoms with Gasteiger partial charge in [-0.15, -0.1) is 21.5 Å². The van der Waals surface area contributed by atoms with Crippen LogP contribution in [-0.2, 0) is 16.0 Å². The number of carbonyl (C=O) groups is 2. The molecule has 1 aliphatic carbocycles. The van der Waals surface area contributed by atoms with Crippen LogP contribution in [0.15, 0.2) is 100 Å². The van der Waals surface area contributed by atoms with Gasteiger partial charge in [-0.2, -0.15) is 0 Å². The van der Waals surface area contributed by atoms with Crippen molar-refractivity contribution in [3.05, 3.63) is 102 Å². The van der Waals surface area contributed by atoms with Crippen molar-refractivity contribution in [2.75, 3.05) is 16.8 Å². The van der Waals surface area contributed by atoms with Crippen molar-refractivity contribution >= 4 is 73.4 Å². The highest BCUT2D eigenvalue weighted by Gasteiger charge is 2.23. The van der Waals surface area contributed by atoms with E-state index in [2.05, 4.69) is 56.1 Å². The smallest absolute Gasteiger partial charge is 0.234 e. The number of rotatable bonds is 11. The maximum Gasteiger partial charge on any atom is 0.234 e. The third-order valence-corrected chi connectivity index (χ3v) is 10.2. The summed E-state index contributed by atoms with van der Waals surface area (Å²) in [7, 11) is 0. The van der Waals surface area contributed by atoms with Crippen molar-refractivity contribution < 1.29 is 9.59 Å². The van der Waals surface area contributed by atoms with E-state index in [9.17, 15) is 9.59 Å². The van der Waals surface area contributed by atoms with Gasteiger partial charge in [0.2, 0.25) is 11.8 Å². The van der Waals surface area contributed by atoms with Gasteiger partial charge in [-0.3, -0.25) is 14.2 Å². The number of nitrogens with zero attached hydrogens (tertiary/aromatic N) is 4. The van der Waals surface area contributed by atoms with Crippen LogP contribution in [0.1, 0.15) is 24.2 Å². The van der Waals surface area contributed by atoms with Crippen molar-refractivity contribution in [3.63, 3.8) is 0 Å². The zero-order valence-electron chi connectivity index (χ0n) is 23.6. The number of hydrogen-bond donors (Lipinski definition) is 2. The van der Waals surface area contributed by atoms with Gasteiger partial charge in [0, 0.05) is 23.8 Å². The van der Waals surface area contributed by atoms with Crippen LogP contribution in [-0.4, -0.2) is 49.1 Å². The second kappa shape index (κ2) is 12.8. The molecule has 0 atom stereocenters. The minimum atomic E-state index is -0.135. The summed E-state index contributed by atoms with van der Waals surface area (Å²) in [5, 5.41) is 18.1. The largest absolute Gasteiger partial charge is 0.353 e. The predicted octanol–water partition coefficient (Wildman–Crippen LogP) is 6.72. The van der Waals surface area contributed by atoms with E-state index in [1.807, 2.05) is 65.2 Å². The van der Waals surface area contributed by atoms with Crippen molar-refractivity contribution in [3.8, 4) is 5.69 Å². The van der Waals surface area contributed by atoms with Gasteiger partial charge in [-0.25, -0.2) is 4.98 Å². The number of anilines is 1. The molecule has 8 nitrogen and oxygen atoms in total. The number of amides is 2. The summed E-state index contributed by atoms with van der Waals surface area (Å²) in [5.41, 5.74) is 3.65. The maximum atomic E-state index is 13.0. The number of benzene rings is 4. The second-order valence-electron chi connectivity index (χ2n) is 10.6. The lowest BCUT2D eigenvalue weighted by Gasteiger charge is -2.11. The Hall–Kier alpha value is -4.19. The highest BCUT2D eigenvalue weighted by molar-refractivity contribution is 8.01. The lowest BCUT2D eigenvalue weighted by atomic mass is 10.0. The van der Waals surface area contributed by atoms with E-state index in [-0.39, 0.29) is 17.6 Å². The molecule has 0 aliphatic heterocycles. The summed E-state index contributed by atoms with van der Waals surface area (Å²) in [4.78, 5) is 29.7. The van der Waals surface area contributed by atoms with Gasteiger partial charge in [0.15, 0.2) is 9.50 Å². The molecule has 11 heteroatoms. The van der Waals surface area contributed by atoms with E-state index in [1.165, 1.54) is 45.6 Å². The molecule has 2 amide bonds. The third kappa shape index (κ3) is 6.80. The normalized spacial score (nSPS) is 12.9. The van der Waals surface area contributed by atoms with Gasteiger partial charge in [0.25, 0.3) is 0 Å². The van der Waals surface area contributed by atoms with Crippen molar-refractivity contribution in [2.24, 2.45) is 0 Å². The molecule has 44 heavy (non-hydrogen) atoms. The highest BCUT2D eigenvalue weighted by Crippen LogP contribution is 2.32. The molecule has 1 fully saturated rings. The van der Waals surface area contributed by atoms with Crippen molar-refractivity contribution in [1.82, 2.24) is 25.1 Å². The fourth-order valence-electron chi connectivity index (χ4n) is 4.87. The molecule has 2 heterocycles. The SMILES string of the molecule is O=C(CSc1nnc(Cc2ccc3ccccc3c2)n1-c1ccccc1)Nc1ccc2nc(SCC(=O)NC3CC3)sc2c1. The minimum Gasteiger partial charge on any atom is -0.353 e. The number of thioether (sulfide) groups is 2. The van der Waals surface area contributed by atoms with Gasteiger partial charge in [-0.1, -0.05) is 84.2 Å². The number of para-hydroxylation sites is 1. The van der Waals surface area contributed by atoms with Crippen LogP contribution in [0, 0.1) is 0 Å². The number of thiazole rings is 1. The highest BCUT2D eigenvalue weighted by atomic mass is 32.2. The summed E-state index contributed by atoms with van der Waals surface area (Å²) in [6.07, 6.45) is 2.76. The Bertz CT molecular complexity index is 1970. The molecule has 0 unspecified atom stereocenters. The fraction of sp³-hybridized carbons (Fsp3) is 0.182. The van der Waals surface area contributed by atoms with Crippen LogP contribution in [0.3, 0.4) is 0 Å². The summed E-state index contributed by atoms with van der Waals surface area (Å²) in [6.45, 7) is 0. The average molecular weight is 637 g/mol. The summed E-state index contributed by atoms with van der Waals surface area (Å²) < 4.78 is 3.83. The molecule has 220 valence electrons. The number of hydrogen-bond acceptors (Lipinski definition) is 8. The van der Waals surface area contributed by atoms with Crippen LogP contribution in [0.5, 0.6) is 0 Å². The monoisotopic (exact) mass is 636 g/mol. The second-order valence-corrected chi connectivity index (χ2v) is 13.8. The molecule has 1 saturated carbocycles. The maximum absolute atomic E-state index is 13.0. The first-order valence-electron chi connectivity index (χ1n) is 14.3. The number of fused-ring (bicyclic) bond motifs is 2. The van der Waals surface area contributed by atoms with E-state index in [1.54, 1.807) is 0 Å². The third-order valence-electron chi connectivity index (χ3n) is 7.15. The first-order chi connectivity index (χ1) is 21.6. The molecule has 2 aromatic heterocycles. The molecule has 0 saturated heterocycles. The van der Waals surface area contributed by atoms with Crippen LogP contribution >= 0.6 is 34.9 Å². The molecule has 7 rings (SSSR count). The topological polar surface area (TPSA) is 102 Å². The number of carbonyl (C=O) groups excluding carboxylic acids is 2. The van der Waals surface area contributed by atoms with E-state index < -0.39 is 0 Å². The molecular weight excluding hydrogens is 609 g/mol. The summed E-state index contributed by atoms with van der Waals surface area (Å²) >= 11 is 4.32. The van der Waals surface area contributed by atoms with E-state index in [4.69, 9.17) is 0 Å². The number of aromatic nitrogens is 4. The lowest BCUT2D eigenvalue weighted by molar-refractivity contribution is -0.118. The quantitative estimate of drug-likeness (QED) is 0.152. The summed E-state index contributed by atoms with van der Waals surface area (Å²) in [6, 6.07) is 30.8. The van der Waals surface area contributed by atoms with Crippen LogP contribution in [0.4, 0.5) is 5.69 Å². The fourth-order valence-corrected chi connectivity index (χ4v) is 7.56. The average Bonchev–Trinajstić information content (AvgIpc) is 3.62. The molecule has 6 aromatic rings.